The SMILES string of the molecule is Cn1nnc(-c2ccc(OCC(=O)NCCN3C[C@H]4C[C@@H](C3)c3cccc(=O)n3C4)cc2)n1. The molecule has 0 unspecified atom stereocenters. The van der Waals surface area contributed by atoms with Crippen molar-refractivity contribution in [3.8, 4) is 17.1 Å². The maximum absolute atomic E-state index is 12.2. The summed E-state index contributed by atoms with van der Waals surface area (Å²) in [6.45, 7) is 3.98. The zero-order valence-corrected chi connectivity index (χ0v) is 18.6. The van der Waals surface area contributed by atoms with Crippen LogP contribution < -0.4 is 15.6 Å². The summed E-state index contributed by atoms with van der Waals surface area (Å²) in [7, 11) is 1.71. The summed E-state index contributed by atoms with van der Waals surface area (Å²) in [5.74, 6) is 1.86. The third-order valence-electron chi connectivity index (χ3n) is 6.30. The molecule has 2 aromatic heterocycles. The Morgan fingerprint density at radius 2 is 2.00 bits per heavy atom. The fourth-order valence-corrected chi connectivity index (χ4v) is 4.83. The standard InChI is InChI=1S/C23H27N7O3/c1-28-26-23(25-27-28)17-5-7-19(8-6-17)33-15-21(31)24-9-10-29-12-16-11-18(14-29)20-3-2-4-22(32)30(20)13-16/h2-8,16,18H,9-15H2,1H3,(H,24,31)/t16-,18+/m1/s1. The van der Waals surface area contributed by atoms with Gasteiger partial charge in [0.05, 0.1) is 7.05 Å². The molecule has 0 saturated carbocycles. The van der Waals surface area contributed by atoms with Crippen molar-refractivity contribution in [2.45, 2.75) is 18.9 Å². The van der Waals surface area contributed by atoms with E-state index in [2.05, 4.69) is 31.7 Å². The van der Waals surface area contributed by atoms with Crippen molar-refractivity contribution in [1.29, 1.82) is 0 Å². The average molecular weight is 450 g/mol. The number of carbonyl (C=O) groups excluding carboxylic acids is 1. The third kappa shape index (κ3) is 4.80. The zero-order valence-electron chi connectivity index (χ0n) is 18.6. The van der Waals surface area contributed by atoms with Crippen LogP contribution in [0.15, 0.2) is 47.3 Å². The number of hydrogen-bond acceptors (Lipinski definition) is 7. The van der Waals surface area contributed by atoms with Gasteiger partial charge in [-0.2, -0.15) is 4.80 Å². The Morgan fingerprint density at radius 3 is 2.79 bits per heavy atom. The lowest BCUT2D eigenvalue weighted by Crippen LogP contribution is -2.49. The van der Waals surface area contributed by atoms with Gasteiger partial charge in [-0.15, -0.1) is 10.2 Å². The number of ether oxygens (including phenoxy) is 1. The number of benzene rings is 1. The second kappa shape index (κ2) is 9.14. The molecular weight excluding hydrogens is 422 g/mol. The van der Waals surface area contributed by atoms with E-state index in [0.717, 1.165) is 43.9 Å². The van der Waals surface area contributed by atoms with E-state index in [1.807, 2.05) is 22.8 Å². The number of rotatable bonds is 7. The first-order chi connectivity index (χ1) is 16.0. The largest absolute Gasteiger partial charge is 0.484 e. The first kappa shape index (κ1) is 21.3. The molecule has 1 N–H and O–H groups in total. The van der Waals surface area contributed by atoms with E-state index < -0.39 is 0 Å². The molecule has 33 heavy (non-hydrogen) atoms. The number of amides is 1. The molecule has 0 spiro atoms. The van der Waals surface area contributed by atoms with Crippen molar-refractivity contribution < 1.29 is 9.53 Å². The van der Waals surface area contributed by atoms with Gasteiger partial charge in [0, 0.05) is 56.0 Å². The number of aromatic nitrogens is 5. The summed E-state index contributed by atoms with van der Waals surface area (Å²) >= 11 is 0. The number of fused-ring (bicyclic) bond motifs is 4. The van der Waals surface area contributed by atoms with Crippen LogP contribution in [-0.4, -0.2) is 68.4 Å². The molecule has 3 aromatic rings. The lowest BCUT2D eigenvalue weighted by molar-refractivity contribution is -0.123. The van der Waals surface area contributed by atoms with Gasteiger partial charge in [-0.1, -0.05) is 6.07 Å². The molecule has 2 aliphatic heterocycles. The molecule has 0 radical (unpaired) electrons. The number of nitrogens with zero attached hydrogens (tertiary/aromatic N) is 6. The molecule has 10 nitrogen and oxygen atoms in total. The Bertz CT molecular complexity index is 1190. The van der Waals surface area contributed by atoms with Gasteiger partial charge < -0.3 is 19.5 Å². The van der Waals surface area contributed by atoms with E-state index in [4.69, 9.17) is 4.74 Å². The molecule has 4 heterocycles. The van der Waals surface area contributed by atoms with Crippen molar-refractivity contribution in [2.75, 3.05) is 32.8 Å². The van der Waals surface area contributed by atoms with Gasteiger partial charge in [-0.3, -0.25) is 9.59 Å². The predicted molar refractivity (Wildman–Crippen MR) is 121 cm³/mol. The van der Waals surface area contributed by atoms with Crippen LogP contribution in [-0.2, 0) is 18.4 Å². The highest BCUT2D eigenvalue weighted by Gasteiger charge is 2.34. The maximum atomic E-state index is 12.2. The quantitative estimate of drug-likeness (QED) is 0.564. The van der Waals surface area contributed by atoms with Gasteiger partial charge in [0.25, 0.3) is 11.5 Å². The Kier molecular flexibility index (Phi) is 5.91. The Labute approximate surface area is 191 Å². The summed E-state index contributed by atoms with van der Waals surface area (Å²) in [6.07, 6.45) is 1.13. The summed E-state index contributed by atoms with van der Waals surface area (Å²) in [5, 5.41) is 14.9. The second-order valence-corrected chi connectivity index (χ2v) is 8.72. The summed E-state index contributed by atoms with van der Waals surface area (Å²) in [6, 6.07) is 12.8. The van der Waals surface area contributed by atoms with Crippen LogP contribution in [0.3, 0.4) is 0 Å². The van der Waals surface area contributed by atoms with E-state index in [1.165, 1.54) is 4.80 Å². The lowest BCUT2D eigenvalue weighted by atomic mass is 9.83. The van der Waals surface area contributed by atoms with Crippen LogP contribution in [0.1, 0.15) is 18.0 Å². The molecule has 2 bridgehead atoms. The minimum atomic E-state index is -0.149. The summed E-state index contributed by atoms with van der Waals surface area (Å²) in [4.78, 5) is 28.2. The minimum Gasteiger partial charge on any atom is -0.484 e. The molecular formula is C23H27N7O3. The number of hydrogen-bond donors (Lipinski definition) is 1. The van der Waals surface area contributed by atoms with E-state index in [1.54, 1.807) is 25.2 Å². The fourth-order valence-electron chi connectivity index (χ4n) is 4.83. The van der Waals surface area contributed by atoms with Gasteiger partial charge in [-0.25, -0.2) is 0 Å². The molecule has 10 heteroatoms. The van der Waals surface area contributed by atoms with Crippen LogP contribution in [0.25, 0.3) is 11.4 Å². The molecule has 0 aliphatic carbocycles. The van der Waals surface area contributed by atoms with E-state index >= 15 is 0 Å². The van der Waals surface area contributed by atoms with Crippen molar-refractivity contribution in [3.63, 3.8) is 0 Å². The Balaban J connectivity index is 1.06. The number of nitrogens with one attached hydrogen (secondary N) is 1. The average Bonchev–Trinajstić information content (AvgIpc) is 3.25. The molecule has 172 valence electrons. The topological polar surface area (TPSA) is 107 Å². The van der Waals surface area contributed by atoms with Gasteiger partial charge in [0.2, 0.25) is 5.82 Å². The minimum absolute atomic E-state index is 0.0374. The molecule has 1 amide bonds. The Hall–Kier alpha value is -3.53. The summed E-state index contributed by atoms with van der Waals surface area (Å²) in [5.41, 5.74) is 2.07. The van der Waals surface area contributed by atoms with Crippen molar-refractivity contribution in [1.82, 2.24) is 35.0 Å². The van der Waals surface area contributed by atoms with E-state index in [0.29, 0.717) is 30.0 Å². The van der Waals surface area contributed by atoms with Crippen LogP contribution in [0, 0.1) is 5.92 Å². The highest BCUT2D eigenvalue weighted by atomic mass is 16.5. The molecule has 2 aliphatic rings. The van der Waals surface area contributed by atoms with Crippen molar-refractivity contribution in [3.05, 3.63) is 58.5 Å². The number of likely N-dealkylation sites (tertiary alicyclic amines) is 1. The van der Waals surface area contributed by atoms with Crippen LogP contribution in [0.2, 0.25) is 0 Å². The van der Waals surface area contributed by atoms with Gasteiger partial charge in [0.15, 0.2) is 6.61 Å². The first-order valence-electron chi connectivity index (χ1n) is 11.2. The van der Waals surface area contributed by atoms with Gasteiger partial charge >= 0.3 is 0 Å². The second-order valence-electron chi connectivity index (χ2n) is 8.72. The van der Waals surface area contributed by atoms with Gasteiger partial charge in [0.1, 0.15) is 5.75 Å². The third-order valence-corrected chi connectivity index (χ3v) is 6.30. The van der Waals surface area contributed by atoms with Crippen molar-refractivity contribution >= 4 is 5.91 Å². The van der Waals surface area contributed by atoms with E-state index in [-0.39, 0.29) is 18.1 Å². The first-order valence-corrected chi connectivity index (χ1v) is 11.2. The van der Waals surface area contributed by atoms with Crippen molar-refractivity contribution in [2.24, 2.45) is 13.0 Å². The number of tetrazole rings is 1. The molecule has 2 atom stereocenters. The molecule has 1 saturated heterocycles. The van der Waals surface area contributed by atoms with Crippen LogP contribution in [0.4, 0.5) is 0 Å². The lowest BCUT2D eigenvalue weighted by Gasteiger charge is -2.42. The zero-order chi connectivity index (χ0) is 22.8. The van der Waals surface area contributed by atoms with Gasteiger partial charge in [-0.05, 0) is 47.9 Å². The Morgan fingerprint density at radius 1 is 1.15 bits per heavy atom. The number of piperidine rings is 1. The monoisotopic (exact) mass is 449 g/mol. The van der Waals surface area contributed by atoms with Crippen LogP contribution in [0.5, 0.6) is 5.75 Å². The highest BCUT2D eigenvalue weighted by molar-refractivity contribution is 5.77. The maximum Gasteiger partial charge on any atom is 0.257 e. The normalized spacial score (nSPS) is 19.7. The predicted octanol–water partition coefficient (Wildman–Crippen LogP) is 0.653. The van der Waals surface area contributed by atoms with Crippen LogP contribution >= 0.6 is 0 Å². The summed E-state index contributed by atoms with van der Waals surface area (Å²) < 4.78 is 7.53. The molecule has 1 fully saturated rings. The smallest absolute Gasteiger partial charge is 0.257 e. The highest BCUT2D eigenvalue weighted by Crippen LogP contribution is 2.34. The molecule has 5 rings (SSSR count). The fraction of sp³-hybridized carbons (Fsp3) is 0.435. The number of carbonyl (C=O) groups is 1. The number of pyridine rings is 1. The molecule has 1 aromatic carbocycles. The number of aryl methyl sites for hydroxylation is 1. The van der Waals surface area contributed by atoms with E-state index in [9.17, 15) is 9.59 Å².